The van der Waals surface area contributed by atoms with Crippen LogP contribution in [0.3, 0.4) is 0 Å². The van der Waals surface area contributed by atoms with Crippen LogP contribution in [0.25, 0.3) is 11.3 Å². The van der Waals surface area contributed by atoms with Gasteiger partial charge in [-0.05, 0) is 44.8 Å². The smallest absolute Gasteiger partial charge is 0.258 e. The number of rotatable bonds is 7. The molecule has 0 atom stereocenters. The van der Waals surface area contributed by atoms with Gasteiger partial charge < -0.3 is 20.3 Å². The normalized spacial score (nSPS) is 16.5. The van der Waals surface area contributed by atoms with Crippen molar-refractivity contribution in [1.29, 1.82) is 0 Å². The van der Waals surface area contributed by atoms with Gasteiger partial charge in [0.15, 0.2) is 5.82 Å². The van der Waals surface area contributed by atoms with Crippen LogP contribution in [0.15, 0.2) is 18.5 Å². The quantitative estimate of drug-likeness (QED) is 0.763. The molecule has 0 radical (unpaired) electrons. The van der Waals surface area contributed by atoms with Crippen molar-refractivity contribution < 1.29 is 4.74 Å². The SMILES string of the molecule is CCCCN(C)c1ncc(-c2ccnc3c2CCN3)nc1OC1CCNCC1. The molecule has 2 aromatic heterocycles. The second-order valence-electron chi connectivity index (χ2n) is 7.59. The van der Waals surface area contributed by atoms with Crippen molar-refractivity contribution in [3.63, 3.8) is 0 Å². The molecule has 0 unspecified atom stereocenters. The third kappa shape index (κ3) is 4.04. The summed E-state index contributed by atoms with van der Waals surface area (Å²) < 4.78 is 6.38. The lowest BCUT2D eigenvalue weighted by atomic mass is 10.1. The Labute approximate surface area is 166 Å². The fourth-order valence-electron chi connectivity index (χ4n) is 3.85. The van der Waals surface area contributed by atoms with Crippen molar-refractivity contribution in [3.8, 4) is 17.1 Å². The Morgan fingerprint density at radius 3 is 2.89 bits per heavy atom. The minimum atomic E-state index is 0.189. The molecule has 2 aromatic rings. The highest BCUT2D eigenvalue weighted by molar-refractivity contribution is 5.71. The van der Waals surface area contributed by atoms with Gasteiger partial charge in [0.05, 0.1) is 11.9 Å². The van der Waals surface area contributed by atoms with Crippen LogP contribution in [0, 0.1) is 0 Å². The van der Waals surface area contributed by atoms with Gasteiger partial charge in [-0.2, -0.15) is 0 Å². The first-order valence-electron chi connectivity index (χ1n) is 10.4. The van der Waals surface area contributed by atoms with Gasteiger partial charge in [-0.3, -0.25) is 0 Å². The first-order valence-corrected chi connectivity index (χ1v) is 10.4. The number of fused-ring (bicyclic) bond motifs is 1. The van der Waals surface area contributed by atoms with Gasteiger partial charge in [-0.1, -0.05) is 13.3 Å². The Kier molecular flexibility index (Phi) is 5.90. The molecule has 4 heterocycles. The summed E-state index contributed by atoms with van der Waals surface area (Å²) in [5.41, 5.74) is 3.18. The third-order valence-electron chi connectivity index (χ3n) is 5.49. The minimum absolute atomic E-state index is 0.189. The predicted molar refractivity (Wildman–Crippen MR) is 112 cm³/mol. The molecule has 0 spiro atoms. The molecule has 28 heavy (non-hydrogen) atoms. The monoisotopic (exact) mass is 382 g/mol. The lowest BCUT2D eigenvalue weighted by molar-refractivity contribution is 0.156. The Balaban J connectivity index is 1.67. The van der Waals surface area contributed by atoms with Crippen LogP contribution in [-0.4, -0.2) is 54.3 Å². The molecule has 1 saturated heterocycles. The van der Waals surface area contributed by atoms with Gasteiger partial charge in [0, 0.05) is 37.5 Å². The topological polar surface area (TPSA) is 75.2 Å². The number of ether oxygens (including phenoxy) is 1. The molecular formula is C21H30N6O. The fourth-order valence-corrected chi connectivity index (χ4v) is 3.85. The van der Waals surface area contributed by atoms with Gasteiger partial charge in [0.25, 0.3) is 5.88 Å². The second kappa shape index (κ2) is 8.73. The van der Waals surface area contributed by atoms with Crippen molar-refractivity contribution in [3.05, 3.63) is 24.0 Å². The number of nitrogens with one attached hydrogen (secondary N) is 2. The Hall–Kier alpha value is -2.41. The highest BCUT2D eigenvalue weighted by atomic mass is 16.5. The number of piperidine rings is 1. The number of pyridine rings is 1. The molecule has 2 aliphatic rings. The van der Waals surface area contributed by atoms with Crippen LogP contribution >= 0.6 is 0 Å². The summed E-state index contributed by atoms with van der Waals surface area (Å²) in [4.78, 5) is 16.3. The molecule has 7 nitrogen and oxygen atoms in total. The molecule has 0 amide bonds. The van der Waals surface area contributed by atoms with Gasteiger partial charge in [-0.25, -0.2) is 15.0 Å². The molecule has 0 saturated carbocycles. The van der Waals surface area contributed by atoms with E-state index >= 15 is 0 Å². The van der Waals surface area contributed by atoms with Crippen molar-refractivity contribution in [2.45, 2.75) is 45.1 Å². The second-order valence-corrected chi connectivity index (χ2v) is 7.59. The van der Waals surface area contributed by atoms with E-state index in [9.17, 15) is 0 Å². The van der Waals surface area contributed by atoms with E-state index in [1.807, 2.05) is 18.5 Å². The van der Waals surface area contributed by atoms with Crippen LogP contribution in [0.4, 0.5) is 11.6 Å². The van der Waals surface area contributed by atoms with Crippen molar-refractivity contribution in [1.82, 2.24) is 20.3 Å². The third-order valence-corrected chi connectivity index (χ3v) is 5.49. The number of nitrogens with zero attached hydrogens (tertiary/aromatic N) is 4. The maximum atomic E-state index is 6.38. The summed E-state index contributed by atoms with van der Waals surface area (Å²) in [7, 11) is 2.07. The molecular weight excluding hydrogens is 352 g/mol. The average Bonchev–Trinajstić information content (AvgIpc) is 3.21. The largest absolute Gasteiger partial charge is 0.472 e. The lowest BCUT2D eigenvalue weighted by Crippen LogP contribution is -2.34. The summed E-state index contributed by atoms with van der Waals surface area (Å²) in [5, 5.41) is 6.73. The van der Waals surface area contributed by atoms with Crippen LogP contribution in [0.1, 0.15) is 38.2 Å². The molecule has 0 aromatic carbocycles. The van der Waals surface area contributed by atoms with Gasteiger partial charge in [-0.15, -0.1) is 0 Å². The summed E-state index contributed by atoms with van der Waals surface area (Å²) in [5.74, 6) is 2.45. The molecule has 4 rings (SSSR count). The van der Waals surface area contributed by atoms with E-state index in [0.717, 1.165) is 81.2 Å². The summed E-state index contributed by atoms with van der Waals surface area (Å²) >= 11 is 0. The minimum Gasteiger partial charge on any atom is -0.472 e. The van der Waals surface area contributed by atoms with Gasteiger partial charge >= 0.3 is 0 Å². The standard InChI is InChI=1S/C21H30N6O/c1-3-4-13-27(2)20-21(28-15-5-9-22-10-6-15)26-18(14-25-20)16-7-11-23-19-17(16)8-12-24-19/h7,11,14-15,22H,3-6,8-10,12-13H2,1-2H3,(H,23,24). The summed E-state index contributed by atoms with van der Waals surface area (Å²) in [6.07, 6.45) is 9.13. The van der Waals surface area contributed by atoms with E-state index in [1.54, 1.807) is 0 Å². The highest BCUT2D eigenvalue weighted by Crippen LogP contribution is 2.33. The molecule has 0 bridgehead atoms. The maximum Gasteiger partial charge on any atom is 0.258 e. The maximum absolute atomic E-state index is 6.38. The number of aromatic nitrogens is 3. The first kappa shape index (κ1) is 18.9. The van der Waals surface area contributed by atoms with Crippen LogP contribution in [0.2, 0.25) is 0 Å². The number of hydrogen-bond acceptors (Lipinski definition) is 7. The van der Waals surface area contributed by atoms with Gasteiger partial charge in [0.1, 0.15) is 11.9 Å². The van der Waals surface area contributed by atoms with E-state index in [0.29, 0.717) is 5.88 Å². The molecule has 2 N–H and O–H groups in total. The average molecular weight is 383 g/mol. The fraction of sp³-hybridized carbons (Fsp3) is 0.571. The lowest BCUT2D eigenvalue weighted by Gasteiger charge is -2.26. The molecule has 0 aliphatic carbocycles. The molecule has 7 heteroatoms. The Morgan fingerprint density at radius 2 is 2.07 bits per heavy atom. The molecule has 150 valence electrons. The van der Waals surface area contributed by atoms with Crippen LogP contribution in [-0.2, 0) is 6.42 Å². The number of anilines is 2. The van der Waals surface area contributed by atoms with E-state index in [4.69, 9.17) is 14.7 Å². The number of hydrogen-bond donors (Lipinski definition) is 2. The van der Waals surface area contributed by atoms with Crippen LogP contribution in [0.5, 0.6) is 5.88 Å². The zero-order chi connectivity index (χ0) is 19.3. The molecule has 2 aliphatic heterocycles. The zero-order valence-electron chi connectivity index (χ0n) is 16.9. The van der Waals surface area contributed by atoms with E-state index in [1.165, 1.54) is 5.56 Å². The van der Waals surface area contributed by atoms with Crippen LogP contribution < -0.4 is 20.3 Å². The highest BCUT2D eigenvalue weighted by Gasteiger charge is 2.22. The first-order chi connectivity index (χ1) is 13.8. The predicted octanol–water partition coefficient (Wildman–Crippen LogP) is 2.87. The van der Waals surface area contributed by atoms with E-state index in [2.05, 4.69) is 34.5 Å². The van der Waals surface area contributed by atoms with E-state index < -0.39 is 0 Å². The summed E-state index contributed by atoms with van der Waals surface area (Å²) in [6.45, 7) is 6.04. The summed E-state index contributed by atoms with van der Waals surface area (Å²) in [6, 6.07) is 2.03. The van der Waals surface area contributed by atoms with Crippen molar-refractivity contribution >= 4 is 11.6 Å². The zero-order valence-corrected chi connectivity index (χ0v) is 16.9. The van der Waals surface area contributed by atoms with Gasteiger partial charge in [0.2, 0.25) is 0 Å². The van der Waals surface area contributed by atoms with Crippen molar-refractivity contribution in [2.24, 2.45) is 0 Å². The van der Waals surface area contributed by atoms with Crippen molar-refractivity contribution in [2.75, 3.05) is 43.4 Å². The Morgan fingerprint density at radius 1 is 1.21 bits per heavy atom. The number of unbranched alkanes of at least 4 members (excludes halogenated alkanes) is 1. The molecule has 1 fully saturated rings. The Bertz CT molecular complexity index is 805. The van der Waals surface area contributed by atoms with E-state index in [-0.39, 0.29) is 6.10 Å².